The van der Waals surface area contributed by atoms with E-state index in [-0.39, 0.29) is 5.46 Å². The summed E-state index contributed by atoms with van der Waals surface area (Å²) in [7, 11) is 5.08. The van der Waals surface area contributed by atoms with Crippen molar-refractivity contribution in [1.29, 1.82) is 0 Å². The normalized spacial score (nSPS) is 11.5. The summed E-state index contributed by atoms with van der Waals surface area (Å²) < 4.78 is 35.3. The second-order valence-corrected chi connectivity index (χ2v) is 1.84. The molecule has 0 N–H and O–H groups in total. The minimum atomic E-state index is -4.49. The van der Waals surface area contributed by atoms with Crippen molar-refractivity contribution in [3.8, 4) is 0 Å². The van der Waals surface area contributed by atoms with Gasteiger partial charge < -0.3 is 0 Å². The van der Waals surface area contributed by atoms with E-state index >= 15 is 0 Å². The van der Waals surface area contributed by atoms with Crippen LogP contribution in [0, 0.1) is 0 Å². The van der Waals surface area contributed by atoms with Gasteiger partial charge >= 0.3 is 6.18 Å². The molecule has 0 saturated heterocycles. The fourth-order valence-corrected chi connectivity index (χ4v) is 0.484. The number of alkyl halides is 3. The van der Waals surface area contributed by atoms with Crippen molar-refractivity contribution in [1.82, 2.24) is 9.97 Å². The second kappa shape index (κ2) is 2.52. The molecule has 0 aliphatic rings. The highest BCUT2D eigenvalue weighted by atomic mass is 19.4. The Hall–Kier alpha value is -1.07. The molecule has 1 rings (SSSR count). The van der Waals surface area contributed by atoms with Crippen LogP contribution in [0.4, 0.5) is 13.2 Å². The van der Waals surface area contributed by atoms with Gasteiger partial charge in [0.05, 0.1) is 0 Å². The van der Waals surface area contributed by atoms with Gasteiger partial charge in [-0.1, -0.05) is 5.46 Å². The van der Waals surface area contributed by atoms with E-state index in [2.05, 4.69) is 9.97 Å². The SMILES string of the molecule is [B]c1cnc(C(F)(F)F)nc1. The van der Waals surface area contributed by atoms with E-state index in [9.17, 15) is 13.2 Å². The molecule has 2 nitrogen and oxygen atoms in total. The lowest BCUT2D eigenvalue weighted by atomic mass is 10.0. The Kier molecular flexibility index (Phi) is 1.84. The van der Waals surface area contributed by atoms with Crippen molar-refractivity contribution in [2.24, 2.45) is 0 Å². The van der Waals surface area contributed by atoms with E-state index in [1.54, 1.807) is 0 Å². The first-order valence-corrected chi connectivity index (χ1v) is 2.65. The summed E-state index contributed by atoms with van der Waals surface area (Å²) in [5.41, 5.74) is 0.109. The van der Waals surface area contributed by atoms with E-state index < -0.39 is 12.0 Å². The van der Waals surface area contributed by atoms with Crippen LogP contribution in [-0.2, 0) is 6.18 Å². The summed E-state index contributed by atoms with van der Waals surface area (Å²) in [6.07, 6.45) is -2.67. The first-order valence-electron chi connectivity index (χ1n) is 2.65. The standard InChI is InChI=1S/C5H2BF3N2/c6-3-1-10-4(11-2-3)5(7,8)9/h1-2H. The van der Waals surface area contributed by atoms with Crippen molar-refractivity contribution < 1.29 is 13.2 Å². The predicted octanol–water partition coefficient (Wildman–Crippen LogP) is 0.289. The third-order valence-corrected chi connectivity index (χ3v) is 0.925. The first-order chi connectivity index (χ1) is 5.00. The van der Waals surface area contributed by atoms with E-state index in [4.69, 9.17) is 7.85 Å². The van der Waals surface area contributed by atoms with Crippen LogP contribution >= 0.6 is 0 Å². The molecule has 11 heavy (non-hydrogen) atoms. The molecule has 56 valence electrons. The molecule has 1 heterocycles. The number of rotatable bonds is 0. The molecule has 0 aliphatic heterocycles. The van der Waals surface area contributed by atoms with Gasteiger partial charge in [0.1, 0.15) is 7.85 Å². The van der Waals surface area contributed by atoms with Gasteiger partial charge in [0.25, 0.3) is 0 Å². The van der Waals surface area contributed by atoms with Crippen molar-refractivity contribution in [2.45, 2.75) is 6.18 Å². The van der Waals surface area contributed by atoms with Crippen LogP contribution in [0.1, 0.15) is 5.82 Å². The van der Waals surface area contributed by atoms with Crippen LogP contribution in [0.2, 0.25) is 0 Å². The molecule has 1 aromatic rings. The van der Waals surface area contributed by atoms with Crippen molar-refractivity contribution in [2.75, 3.05) is 0 Å². The summed E-state index contributed by atoms with van der Waals surface area (Å²) in [4.78, 5) is 5.98. The molecular formula is C5H2BF3N2. The number of hydrogen-bond acceptors (Lipinski definition) is 2. The van der Waals surface area contributed by atoms with Crippen LogP contribution in [0.3, 0.4) is 0 Å². The third kappa shape index (κ3) is 1.93. The topological polar surface area (TPSA) is 25.8 Å². The highest BCUT2D eigenvalue weighted by Crippen LogP contribution is 2.24. The highest BCUT2D eigenvalue weighted by Gasteiger charge is 2.33. The molecule has 0 amide bonds. The summed E-state index contributed by atoms with van der Waals surface area (Å²) in [6.45, 7) is 0. The third-order valence-electron chi connectivity index (χ3n) is 0.925. The quantitative estimate of drug-likeness (QED) is 0.507. The average molecular weight is 158 g/mol. The molecule has 2 radical (unpaired) electrons. The van der Waals surface area contributed by atoms with Crippen LogP contribution in [-0.4, -0.2) is 17.8 Å². The Morgan fingerprint density at radius 3 is 2.00 bits per heavy atom. The summed E-state index contributed by atoms with van der Waals surface area (Å²) in [5, 5.41) is 0. The average Bonchev–Trinajstić information content (AvgIpc) is 1.86. The summed E-state index contributed by atoms with van der Waals surface area (Å²) >= 11 is 0. The Bertz CT molecular complexity index is 243. The largest absolute Gasteiger partial charge is 0.451 e. The van der Waals surface area contributed by atoms with E-state index in [0.717, 1.165) is 12.4 Å². The van der Waals surface area contributed by atoms with Crippen LogP contribution < -0.4 is 5.46 Å². The highest BCUT2D eigenvalue weighted by molar-refractivity contribution is 6.31. The molecule has 0 fully saturated rings. The number of nitrogens with zero attached hydrogens (tertiary/aromatic N) is 2. The van der Waals surface area contributed by atoms with E-state index in [1.165, 1.54) is 0 Å². The van der Waals surface area contributed by atoms with Crippen LogP contribution in [0.5, 0.6) is 0 Å². The Morgan fingerprint density at radius 2 is 1.64 bits per heavy atom. The van der Waals surface area contributed by atoms with Gasteiger partial charge in [-0.3, -0.25) is 0 Å². The predicted molar refractivity (Wildman–Crippen MR) is 32.4 cm³/mol. The van der Waals surface area contributed by atoms with Gasteiger partial charge in [0.2, 0.25) is 5.82 Å². The summed E-state index contributed by atoms with van der Waals surface area (Å²) in [5.74, 6) is -1.17. The summed E-state index contributed by atoms with van der Waals surface area (Å²) in [6, 6.07) is 0. The minimum Gasteiger partial charge on any atom is -0.234 e. The molecule has 6 heteroatoms. The maximum Gasteiger partial charge on any atom is 0.451 e. The molecule has 0 spiro atoms. The fourth-order valence-electron chi connectivity index (χ4n) is 0.484. The second-order valence-electron chi connectivity index (χ2n) is 1.84. The van der Waals surface area contributed by atoms with Gasteiger partial charge in [-0.25, -0.2) is 9.97 Å². The van der Waals surface area contributed by atoms with Crippen LogP contribution in [0.25, 0.3) is 0 Å². The molecule has 0 atom stereocenters. The lowest BCUT2D eigenvalue weighted by Gasteiger charge is -2.02. The zero-order chi connectivity index (χ0) is 8.48. The molecule has 1 aromatic heterocycles. The molecular weight excluding hydrogens is 156 g/mol. The van der Waals surface area contributed by atoms with Crippen molar-refractivity contribution in [3.63, 3.8) is 0 Å². The fraction of sp³-hybridized carbons (Fsp3) is 0.200. The van der Waals surface area contributed by atoms with Crippen molar-refractivity contribution >= 4 is 13.3 Å². The van der Waals surface area contributed by atoms with Crippen molar-refractivity contribution in [3.05, 3.63) is 18.2 Å². The molecule has 0 aliphatic carbocycles. The smallest absolute Gasteiger partial charge is 0.234 e. The lowest BCUT2D eigenvalue weighted by Crippen LogP contribution is -2.14. The minimum absolute atomic E-state index is 0.109. The molecule has 0 saturated carbocycles. The van der Waals surface area contributed by atoms with E-state index in [0.29, 0.717) is 0 Å². The zero-order valence-electron chi connectivity index (χ0n) is 5.26. The maximum absolute atomic E-state index is 11.8. The first kappa shape index (κ1) is 8.04. The van der Waals surface area contributed by atoms with Gasteiger partial charge in [-0.05, 0) is 0 Å². The lowest BCUT2D eigenvalue weighted by molar-refractivity contribution is -0.144. The Morgan fingerprint density at radius 1 is 1.18 bits per heavy atom. The molecule has 0 unspecified atom stereocenters. The zero-order valence-corrected chi connectivity index (χ0v) is 5.26. The van der Waals surface area contributed by atoms with Gasteiger partial charge in [-0.15, -0.1) is 0 Å². The Labute approximate surface area is 61.9 Å². The number of aromatic nitrogens is 2. The van der Waals surface area contributed by atoms with Gasteiger partial charge in [0, 0.05) is 12.4 Å². The number of halogens is 3. The van der Waals surface area contributed by atoms with Gasteiger partial charge in [0.15, 0.2) is 0 Å². The molecule has 0 bridgehead atoms. The monoisotopic (exact) mass is 158 g/mol. The Balaban J connectivity index is 2.99. The van der Waals surface area contributed by atoms with Gasteiger partial charge in [-0.2, -0.15) is 13.2 Å². The molecule has 0 aromatic carbocycles. The van der Waals surface area contributed by atoms with Crippen LogP contribution in [0.15, 0.2) is 12.4 Å². The maximum atomic E-state index is 11.8. The van der Waals surface area contributed by atoms with E-state index in [1.807, 2.05) is 0 Å². The number of hydrogen-bond donors (Lipinski definition) is 0.